The van der Waals surface area contributed by atoms with E-state index >= 15 is 0 Å². The lowest BCUT2D eigenvalue weighted by atomic mass is 9.96. The van der Waals surface area contributed by atoms with Crippen LogP contribution < -0.4 is 11.1 Å². The molecule has 6 nitrogen and oxygen atoms in total. The molecule has 0 aromatic carbocycles. The van der Waals surface area contributed by atoms with Gasteiger partial charge in [0.15, 0.2) is 0 Å². The van der Waals surface area contributed by atoms with E-state index in [4.69, 9.17) is 5.73 Å². The predicted molar refractivity (Wildman–Crippen MR) is 77.2 cm³/mol. The van der Waals surface area contributed by atoms with Gasteiger partial charge in [0.1, 0.15) is 0 Å². The van der Waals surface area contributed by atoms with Crippen molar-refractivity contribution < 1.29 is 13.2 Å². The van der Waals surface area contributed by atoms with E-state index in [-0.39, 0.29) is 18.2 Å². The highest BCUT2D eigenvalue weighted by molar-refractivity contribution is 7.89. The van der Waals surface area contributed by atoms with Crippen molar-refractivity contribution in [2.75, 3.05) is 32.9 Å². The summed E-state index contributed by atoms with van der Waals surface area (Å²) in [5, 5.41) is 2.64. The van der Waals surface area contributed by atoms with Crippen molar-refractivity contribution >= 4 is 15.9 Å². The summed E-state index contributed by atoms with van der Waals surface area (Å²) in [6.45, 7) is 2.89. The molecule has 0 aliphatic carbocycles. The fourth-order valence-corrected chi connectivity index (χ4v) is 2.44. The van der Waals surface area contributed by atoms with Crippen LogP contribution >= 0.6 is 0 Å². The highest BCUT2D eigenvalue weighted by atomic mass is 32.2. The fraction of sp³-hybridized carbons (Fsp3) is 0.917. The van der Waals surface area contributed by atoms with E-state index in [1.54, 1.807) is 0 Å². The molecule has 0 spiro atoms. The monoisotopic (exact) mass is 293 g/mol. The average molecular weight is 293 g/mol. The van der Waals surface area contributed by atoms with Gasteiger partial charge in [-0.25, -0.2) is 12.7 Å². The van der Waals surface area contributed by atoms with E-state index in [0.29, 0.717) is 18.9 Å². The molecule has 0 aromatic heterocycles. The highest BCUT2D eigenvalue weighted by Crippen LogP contribution is 2.14. The van der Waals surface area contributed by atoms with E-state index in [1.807, 2.05) is 0 Å². The molecule has 0 heterocycles. The molecule has 1 amide bonds. The van der Waals surface area contributed by atoms with Crippen molar-refractivity contribution in [2.45, 2.75) is 32.6 Å². The van der Waals surface area contributed by atoms with Crippen molar-refractivity contribution in [1.29, 1.82) is 0 Å². The summed E-state index contributed by atoms with van der Waals surface area (Å²) in [5.74, 6) is 0.317. The largest absolute Gasteiger partial charge is 0.355 e. The highest BCUT2D eigenvalue weighted by Gasteiger charge is 2.14. The van der Waals surface area contributed by atoms with Crippen LogP contribution in [0.15, 0.2) is 0 Å². The van der Waals surface area contributed by atoms with Crippen LogP contribution in [-0.4, -0.2) is 51.6 Å². The third kappa shape index (κ3) is 8.18. The average Bonchev–Trinajstić information content (AvgIpc) is 2.34. The SMILES string of the molecule is CCC(CCN)CCC(=O)NCCS(=O)(=O)N(C)C. The first-order valence-electron chi connectivity index (χ1n) is 6.70. The molecule has 3 N–H and O–H groups in total. The molecule has 0 bridgehead atoms. The van der Waals surface area contributed by atoms with Gasteiger partial charge in [0.2, 0.25) is 15.9 Å². The van der Waals surface area contributed by atoms with Crippen LogP contribution in [-0.2, 0) is 14.8 Å². The molecular weight excluding hydrogens is 266 g/mol. The summed E-state index contributed by atoms with van der Waals surface area (Å²) in [7, 11) is -0.272. The van der Waals surface area contributed by atoms with Crippen molar-refractivity contribution in [3.63, 3.8) is 0 Å². The first-order valence-corrected chi connectivity index (χ1v) is 8.31. The van der Waals surface area contributed by atoms with Crippen molar-refractivity contribution in [3.8, 4) is 0 Å². The predicted octanol–water partition coefficient (Wildman–Crippen LogP) is 0.149. The number of nitrogens with zero attached hydrogens (tertiary/aromatic N) is 1. The molecule has 0 saturated carbocycles. The third-order valence-corrected chi connectivity index (χ3v) is 5.00. The lowest BCUT2D eigenvalue weighted by Gasteiger charge is -2.14. The summed E-state index contributed by atoms with van der Waals surface area (Å²) >= 11 is 0. The van der Waals surface area contributed by atoms with Crippen molar-refractivity contribution in [3.05, 3.63) is 0 Å². The molecule has 0 saturated heterocycles. The van der Waals surface area contributed by atoms with Gasteiger partial charge >= 0.3 is 0 Å². The molecule has 0 radical (unpaired) electrons. The summed E-state index contributed by atoms with van der Waals surface area (Å²) < 4.78 is 24.1. The number of hydrogen-bond acceptors (Lipinski definition) is 4. The molecular formula is C12H27N3O3S. The lowest BCUT2D eigenvalue weighted by molar-refractivity contribution is -0.121. The fourth-order valence-electron chi connectivity index (χ4n) is 1.71. The standard InChI is InChI=1S/C12H27N3O3S/c1-4-11(7-8-13)5-6-12(16)14-9-10-19(17,18)15(2)3/h11H,4-10,13H2,1-3H3,(H,14,16). The van der Waals surface area contributed by atoms with Crippen molar-refractivity contribution in [1.82, 2.24) is 9.62 Å². The maximum Gasteiger partial charge on any atom is 0.220 e. The molecule has 0 aromatic rings. The first-order chi connectivity index (χ1) is 8.83. The van der Waals surface area contributed by atoms with Crippen LogP contribution in [0.2, 0.25) is 0 Å². The molecule has 0 rings (SSSR count). The number of sulfonamides is 1. The second kappa shape index (κ2) is 9.28. The minimum atomic E-state index is -3.24. The minimum Gasteiger partial charge on any atom is -0.355 e. The number of nitrogens with two attached hydrogens (primary N) is 1. The van der Waals surface area contributed by atoms with Gasteiger partial charge in [-0.05, 0) is 25.3 Å². The normalized spacial score (nSPS) is 13.5. The van der Waals surface area contributed by atoms with E-state index < -0.39 is 10.0 Å². The molecule has 1 unspecified atom stereocenters. The topological polar surface area (TPSA) is 92.5 Å². The Bertz CT molecular complexity index is 355. The van der Waals surface area contributed by atoms with E-state index in [2.05, 4.69) is 12.2 Å². The maximum atomic E-state index is 11.6. The zero-order valence-corrected chi connectivity index (χ0v) is 13.0. The van der Waals surface area contributed by atoms with Gasteiger partial charge in [0, 0.05) is 27.1 Å². The molecule has 114 valence electrons. The van der Waals surface area contributed by atoms with Crippen molar-refractivity contribution in [2.24, 2.45) is 11.7 Å². The molecule has 19 heavy (non-hydrogen) atoms. The zero-order valence-electron chi connectivity index (χ0n) is 12.2. The van der Waals surface area contributed by atoms with Crippen LogP contribution in [0.25, 0.3) is 0 Å². The summed E-state index contributed by atoms with van der Waals surface area (Å²) in [6.07, 6.45) is 3.18. The number of carbonyl (C=O) groups excluding carboxylic acids is 1. The number of nitrogens with one attached hydrogen (secondary N) is 1. The third-order valence-electron chi connectivity index (χ3n) is 3.17. The Morgan fingerprint density at radius 2 is 1.95 bits per heavy atom. The van der Waals surface area contributed by atoms with Gasteiger partial charge in [-0.1, -0.05) is 13.3 Å². The Kier molecular flexibility index (Phi) is 8.95. The Morgan fingerprint density at radius 3 is 2.42 bits per heavy atom. The Morgan fingerprint density at radius 1 is 1.32 bits per heavy atom. The molecule has 0 aliphatic heterocycles. The van der Waals surface area contributed by atoms with Gasteiger partial charge in [0.25, 0.3) is 0 Å². The summed E-state index contributed by atoms with van der Waals surface area (Å²) in [6, 6.07) is 0. The number of carbonyl (C=O) groups is 1. The molecule has 0 fully saturated rings. The lowest BCUT2D eigenvalue weighted by Crippen LogP contribution is -2.34. The molecule has 0 aliphatic rings. The van der Waals surface area contributed by atoms with E-state index in [1.165, 1.54) is 14.1 Å². The van der Waals surface area contributed by atoms with Gasteiger partial charge in [0.05, 0.1) is 5.75 Å². The Balaban J connectivity index is 3.88. The van der Waals surface area contributed by atoms with Crippen LogP contribution in [0.4, 0.5) is 0 Å². The van der Waals surface area contributed by atoms with Crippen LogP contribution in [0, 0.1) is 5.92 Å². The molecule has 1 atom stereocenters. The van der Waals surface area contributed by atoms with Crippen LogP contribution in [0.3, 0.4) is 0 Å². The smallest absolute Gasteiger partial charge is 0.220 e. The second-order valence-electron chi connectivity index (χ2n) is 4.84. The minimum absolute atomic E-state index is 0.0637. The Hall–Kier alpha value is -0.660. The van der Waals surface area contributed by atoms with Gasteiger partial charge in [-0.3, -0.25) is 4.79 Å². The maximum absolute atomic E-state index is 11.6. The van der Waals surface area contributed by atoms with Gasteiger partial charge in [-0.2, -0.15) is 0 Å². The quantitative estimate of drug-likeness (QED) is 0.599. The van der Waals surface area contributed by atoms with E-state index in [9.17, 15) is 13.2 Å². The van der Waals surface area contributed by atoms with Crippen LogP contribution in [0.5, 0.6) is 0 Å². The number of rotatable bonds is 10. The number of hydrogen-bond donors (Lipinski definition) is 2. The Labute approximate surface area is 116 Å². The zero-order chi connectivity index (χ0) is 14.9. The second-order valence-corrected chi connectivity index (χ2v) is 7.14. The van der Waals surface area contributed by atoms with Gasteiger partial charge in [-0.15, -0.1) is 0 Å². The molecule has 7 heteroatoms. The first kappa shape index (κ1) is 18.3. The van der Waals surface area contributed by atoms with Crippen LogP contribution in [0.1, 0.15) is 32.6 Å². The summed E-state index contributed by atoms with van der Waals surface area (Å²) in [4.78, 5) is 11.6. The number of amides is 1. The summed E-state index contributed by atoms with van der Waals surface area (Å²) in [5.41, 5.74) is 5.50. The van der Waals surface area contributed by atoms with E-state index in [0.717, 1.165) is 23.6 Å². The van der Waals surface area contributed by atoms with Gasteiger partial charge < -0.3 is 11.1 Å².